The average molecular weight is 188 g/mol. The molecule has 0 rings (SSSR count). The Labute approximate surface area is 89.8 Å². The summed E-state index contributed by atoms with van der Waals surface area (Å²) >= 11 is 2.05. The fraction of sp³-hybridized carbons (Fsp3) is 1.00. The molecular formula is C8H18ClMgN. The van der Waals surface area contributed by atoms with E-state index < -0.39 is 0 Å². The second kappa shape index (κ2) is 7.65. The van der Waals surface area contributed by atoms with Gasteiger partial charge < -0.3 is 12.4 Å². The smallest absolute Gasteiger partial charge is 1.00 e. The second-order valence-corrected chi connectivity index (χ2v) is 3.99. The summed E-state index contributed by atoms with van der Waals surface area (Å²) in [6, 6.07) is 1.40. The van der Waals surface area contributed by atoms with Crippen molar-refractivity contribution < 1.29 is 12.4 Å². The van der Waals surface area contributed by atoms with Crippen molar-refractivity contribution in [2.45, 2.75) is 44.3 Å². The van der Waals surface area contributed by atoms with Crippen molar-refractivity contribution in [3.05, 3.63) is 0 Å². The first-order valence-electron chi connectivity index (χ1n) is 4.14. The van der Waals surface area contributed by atoms with Gasteiger partial charge in [0.05, 0.1) is 0 Å². The molecule has 0 unspecified atom stereocenters. The first kappa shape index (κ1) is 14.5. The van der Waals surface area contributed by atoms with Gasteiger partial charge >= 0.3 is 77.5 Å². The predicted molar refractivity (Wildman–Crippen MR) is 47.5 cm³/mol. The second-order valence-electron chi connectivity index (χ2n) is 3.28. The maximum Gasteiger partial charge on any atom is -1.00 e. The molecule has 0 N–H and O–H groups in total. The monoisotopic (exact) mass is 187 g/mol. The van der Waals surface area contributed by atoms with E-state index in [4.69, 9.17) is 0 Å². The quantitative estimate of drug-likeness (QED) is 0.495. The van der Waals surface area contributed by atoms with E-state index in [1.165, 1.54) is 11.1 Å². The minimum absolute atomic E-state index is 0. The minimum Gasteiger partial charge on any atom is -1.00 e. The van der Waals surface area contributed by atoms with Crippen LogP contribution in [0.15, 0.2) is 0 Å². The van der Waals surface area contributed by atoms with Gasteiger partial charge in [-0.2, -0.15) is 0 Å². The van der Waals surface area contributed by atoms with Gasteiger partial charge in [-0.3, -0.25) is 0 Å². The Morgan fingerprint density at radius 3 is 1.55 bits per heavy atom. The molecule has 3 heteroatoms. The van der Waals surface area contributed by atoms with Gasteiger partial charge in [-0.05, 0) is 0 Å². The van der Waals surface area contributed by atoms with E-state index in [2.05, 4.69) is 54.3 Å². The average Bonchev–Trinajstić information content (AvgIpc) is 1.81. The van der Waals surface area contributed by atoms with E-state index in [0.717, 1.165) is 0 Å². The molecule has 0 aromatic rings. The number of rotatable bonds is 4. The van der Waals surface area contributed by atoms with Crippen LogP contribution in [0.1, 0.15) is 27.7 Å². The third kappa shape index (κ3) is 6.20. The Bertz CT molecular complexity index is 78.2. The summed E-state index contributed by atoms with van der Waals surface area (Å²) in [7, 11) is 0. The molecule has 0 aromatic carbocycles. The van der Waals surface area contributed by atoms with Crippen molar-refractivity contribution in [3.63, 3.8) is 0 Å². The predicted octanol–water partition coefficient (Wildman–Crippen LogP) is -1.30. The number of nitrogens with zero attached hydrogens (tertiary/aromatic N) is 1. The van der Waals surface area contributed by atoms with Gasteiger partial charge in [-0.25, -0.2) is 0 Å². The molecule has 0 aliphatic rings. The normalized spacial score (nSPS) is 11.0. The van der Waals surface area contributed by atoms with Crippen LogP contribution in [0.4, 0.5) is 0 Å². The first-order valence-corrected chi connectivity index (χ1v) is 5.14. The summed E-state index contributed by atoms with van der Waals surface area (Å²) in [5.74, 6) is 0. The summed E-state index contributed by atoms with van der Waals surface area (Å²) < 4.78 is 1.29. The Hall–Kier alpha value is 1.02. The van der Waals surface area contributed by atoms with E-state index in [-0.39, 0.29) is 12.4 Å². The van der Waals surface area contributed by atoms with Gasteiger partial charge in [0.2, 0.25) is 0 Å². The van der Waals surface area contributed by atoms with Crippen molar-refractivity contribution in [1.29, 1.82) is 0 Å². The van der Waals surface area contributed by atoms with Crippen molar-refractivity contribution in [3.8, 4) is 0 Å². The summed E-state index contributed by atoms with van der Waals surface area (Å²) in [5.41, 5.74) is 0. The zero-order valence-corrected chi connectivity index (χ0v) is 10.3. The maximum absolute atomic E-state index is 2.52. The minimum atomic E-state index is 0. The van der Waals surface area contributed by atoms with Gasteiger partial charge in [-0.1, -0.05) is 0 Å². The van der Waals surface area contributed by atoms with Gasteiger partial charge in [0, 0.05) is 0 Å². The van der Waals surface area contributed by atoms with Gasteiger partial charge in [0.25, 0.3) is 0 Å². The van der Waals surface area contributed by atoms with E-state index in [0.29, 0.717) is 12.1 Å². The SMILES string of the molecule is CC(C)N(C[CH2][Mg+])C(C)C.[Cl-]. The maximum atomic E-state index is 2.52. The molecule has 0 heterocycles. The topological polar surface area (TPSA) is 3.24 Å². The standard InChI is InChI=1S/C8H18N.ClH.Mg/c1-6-9(7(2)3)8(4)5;;/h7-8H,1,6H2,2-5H3;1H;/q;;+1/p-1. The largest absolute Gasteiger partial charge is 1.00 e. The van der Waals surface area contributed by atoms with Crippen LogP contribution >= 0.6 is 0 Å². The summed E-state index contributed by atoms with van der Waals surface area (Å²) in [6.45, 7) is 10.3. The Balaban J connectivity index is 0. The van der Waals surface area contributed by atoms with Gasteiger partial charge in [0.1, 0.15) is 0 Å². The molecule has 1 nitrogen and oxygen atoms in total. The fourth-order valence-electron chi connectivity index (χ4n) is 1.30. The fourth-order valence-corrected chi connectivity index (χ4v) is 1.66. The number of hydrogen-bond donors (Lipinski definition) is 0. The molecule has 0 atom stereocenters. The zero-order valence-electron chi connectivity index (χ0n) is 8.10. The number of halogens is 1. The first-order chi connectivity index (χ1) is 4.59. The molecule has 0 aliphatic carbocycles. The summed E-state index contributed by atoms with van der Waals surface area (Å²) in [6.07, 6.45) is 0. The van der Waals surface area contributed by atoms with Crippen LogP contribution in [0.3, 0.4) is 0 Å². The van der Waals surface area contributed by atoms with Crippen molar-refractivity contribution >= 4 is 21.7 Å². The van der Waals surface area contributed by atoms with Crippen molar-refractivity contribution in [2.75, 3.05) is 6.54 Å². The van der Waals surface area contributed by atoms with E-state index >= 15 is 0 Å². The van der Waals surface area contributed by atoms with Crippen molar-refractivity contribution in [1.82, 2.24) is 4.90 Å². The van der Waals surface area contributed by atoms with Crippen LogP contribution in [-0.4, -0.2) is 45.2 Å². The van der Waals surface area contributed by atoms with Crippen LogP contribution in [0.5, 0.6) is 0 Å². The summed E-state index contributed by atoms with van der Waals surface area (Å²) in [5, 5.41) is 0. The van der Waals surface area contributed by atoms with Gasteiger partial charge in [-0.15, -0.1) is 0 Å². The molecular weight excluding hydrogens is 170 g/mol. The van der Waals surface area contributed by atoms with Crippen molar-refractivity contribution in [2.24, 2.45) is 0 Å². The summed E-state index contributed by atoms with van der Waals surface area (Å²) in [4.78, 5) is 2.52. The Morgan fingerprint density at radius 2 is 1.45 bits per heavy atom. The van der Waals surface area contributed by atoms with Crippen LogP contribution in [0, 0.1) is 0 Å². The van der Waals surface area contributed by atoms with E-state index in [9.17, 15) is 0 Å². The third-order valence-electron chi connectivity index (χ3n) is 1.74. The molecule has 0 saturated carbocycles. The van der Waals surface area contributed by atoms with E-state index in [1.54, 1.807) is 0 Å². The number of hydrogen-bond acceptors (Lipinski definition) is 1. The molecule has 0 fully saturated rings. The van der Waals surface area contributed by atoms with Crippen LogP contribution in [0.2, 0.25) is 4.55 Å². The molecule has 64 valence electrons. The van der Waals surface area contributed by atoms with E-state index in [1.807, 2.05) is 0 Å². The molecule has 0 saturated heterocycles. The Kier molecular flexibility index (Phi) is 10.1. The third-order valence-corrected chi connectivity index (χ3v) is 2.06. The van der Waals surface area contributed by atoms with Crippen LogP contribution in [-0.2, 0) is 0 Å². The van der Waals surface area contributed by atoms with Gasteiger partial charge in [0.15, 0.2) is 0 Å². The zero-order chi connectivity index (χ0) is 8.15. The molecule has 0 spiro atoms. The molecule has 0 aliphatic heterocycles. The van der Waals surface area contributed by atoms with Crippen LogP contribution < -0.4 is 12.4 Å². The Morgan fingerprint density at radius 1 is 1.09 bits per heavy atom. The molecule has 0 aromatic heterocycles. The molecule has 0 amide bonds. The molecule has 11 heavy (non-hydrogen) atoms. The molecule has 0 bridgehead atoms. The molecule has 0 radical (unpaired) electrons. The van der Waals surface area contributed by atoms with Crippen LogP contribution in [0.25, 0.3) is 0 Å².